The third-order valence-electron chi connectivity index (χ3n) is 5.82. The number of fused-ring (bicyclic) bond motifs is 2. The number of aliphatic hydroxyl groups is 3. The molecule has 3 heterocycles. The number of aromatic nitrogens is 3. The highest BCUT2D eigenvalue weighted by Crippen LogP contribution is 2.38. The fraction of sp³-hybridized carbons (Fsp3) is 0.400. The predicted molar refractivity (Wildman–Crippen MR) is 101 cm³/mol. The molecule has 0 bridgehead atoms. The molecule has 5 atom stereocenters. The van der Waals surface area contributed by atoms with E-state index in [2.05, 4.69) is 15.1 Å². The van der Waals surface area contributed by atoms with Gasteiger partial charge in [-0.3, -0.25) is 0 Å². The number of hydrogen-bond donors (Lipinski definition) is 4. The van der Waals surface area contributed by atoms with Crippen LogP contribution in [-0.2, 0) is 22.4 Å². The summed E-state index contributed by atoms with van der Waals surface area (Å²) in [4.78, 5) is 11.9. The van der Waals surface area contributed by atoms with Crippen LogP contribution in [0, 0.1) is 0 Å². The molecule has 29 heavy (non-hydrogen) atoms. The van der Waals surface area contributed by atoms with Crippen molar-refractivity contribution in [3.05, 3.63) is 59.0 Å². The Bertz CT molecular complexity index is 1120. The summed E-state index contributed by atoms with van der Waals surface area (Å²) < 4.78 is 7.61. The molecule has 9 heteroatoms. The highest BCUT2D eigenvalue weighted by Gasteiger charge is 2.47. The van der Waals surface area contributed by atoms with E-state index in [0.29, 0.717) is 22.1 Å². The predicted octanol–water partition coefficient (Wildman–Crippen LogP) is 0.278. The molecule has 1 aliphatic heterocycles. The number of aliphatic hydroxyl groups excluding tert-OH is 3. The van der Waals surface area contributed by atoms with Gasteiger partial charge in [-0.25, -0.2) is 4.98 Å². The van der Waals surface area contributed by atoms with Crippen LogP contribution in [0.15, 0.2) is 41.9 Å². The standard InChI is InChI=1S/C20H22N4O5/c1-28-23-18-13-6-7-24(19(13)22-9-21-18)20-16(27)15(26)17(29-20)14(25)12-5-3-10-2-4-11(10)8-12/h3,5-9,14-17,20,25-27H,2,4H2,1H3,(H,21,22,23)/t14?,15-,16+,17-,20-/m1/s1. The Balaban J connectivity index is 1.47. The minimum atomic E-state index is -1.25. The average Bonchev–Trinajstić information content (AvgIpc) is 3.25. The molecule has 1 aliphatic carbocycles. The van der Waals surface area contributed by atoms with Crippen LogP contribution in [0.25, 0.3) is 11.0 Å². The van der Waals surface area contributed by atoms with Crippen molar-refractivity contribution in [1.82, 2.24) is 14.5 Å². The molecular weight excluding hydrogens is 376 g/mol. The summed E-state index contributed by atoms with van der Waals surface area (Å²) in [7, 11) is 1.43. The monoisotopic (exact) mass is 398 g/mol. The average molecular weight is 398 g/mol. The first kappa shape index (κ1) is 18.3. The lowest BCUT2D eigenvalue weighted by atomic mass is 9.85. The Morgan fingerprint density at radius 1 is 1.24 bits per heavy atom. The quantitative estimate of drug-likeness (QED) is 0.468. The molecule has 4 N–H and O–H groups in total. The summed E-state index contributed by atoms with van der Waals surface area (Å²) in [6, 6.07) is 7.55. The summed E-state index contributed by atoms with van der Waals surface area (Å²) in [5.74, 6) is 0. The molecule has 1 unspecified atom stereocenters. The second-order valence-electron chi connectivity index (χ2n) is 7.43. The molecule has 1 aromatic carbocycles. The Labute approximate surface area is 165 Å². The molecule has 2 aromatic heterocycles. The number of aromatic amines is 1. The van der Waals surface area contributed by atoms with E-state index in [9.17, 15) is 15.3 Å². The lowest BCUT2D eigenvalue weighted by molar-refractivity contribution is -0.0848. The van der Waals surface area contributed by atoms with Crippen LogP contribution in [0.2, 0.25) is 0 Å². The van der Waals surface area contributed by atoms with E-state index in [4.69, 9.17) is 9.57 Å². The first-order chi connectivity index (χ1) is 14.1. The zero-order chi connectivity index (χ0) is 20.1. The minimum absolute atomic E-state index is 0.381. The summed E-state index contributed by atoms with van der Waals surface area (Å²) in [5, 5.41) is 36.6. The van der Waals surface area contributed by atoms with Gasteiger partial charge in [0.1, 0.15) is 37.2 Å². The highest BCUT2D eigenvalue weighted by molar-refractivity contribution is 5.74. The fourth-order valence-corrected chi connectivity index (χ4v) is 4.14. The third-order valence-corrected chi connectivity index (χ3v) is 5.82. The van der Waals surface area contributed by atoms with Crippen LogP contribution in [0.5, 0.6) is 0 Å². The van der Waals surface area contributed by atoms with Gasteiger partial charge in [0.2, 0.25) is 5.49 Å². The lowest BCUT2D eigenvalue weighted by Crippen LogP contribution is -2.35. The first-order valence-corrected chi connectivity index (χ1v) is 9.51. The molecule has 9 nitrogen and oxygen atoms in total. The van der Waals surface area contributed by atoms with Gasteiger partial charge in [0.15, 0.2) is 6.23 Å². The molecule has 1 fully saturated rings. The number of aryl methyl sites for hydroxylation is 2. The van der Waals surface area contributed by atoms with E-state index in [-0.39, 0.29) is 0 Å². The van der Waals surface area contributed by atoms with Gasteiger partial charge in [0.05, 0.1) is 11.7 Å². The molecule has 1 saturated heterocycles. The van der Waals surface area contributed by atoms with E-state index in [1.807, 2.05) is 18.2 Å². The normalized spacial score (nSPS) is 27.7. The molecule has 2 aliphatic rings. The number of rotatable bonds is 4. The van der Waals surface area contributed by atoms with Gasteiger partial charge in [-0.05, 0) is 35.6 Å². The SMILES string of the molecule is CO/N=c1\nc[nH]c2c1ccn2[C@@H]1O[C@H](C(O)c2ccc3c(c2)CC3)[C@H](O)[C@@H]1O. The van der Waals surface area contributed by atoms with Crippen LogP contribution < -0.4 is 5.49 Å². The molecule has 0 amide bonds. The second-order valence-corrected chi connectivity index (χ2v) is 7.43. The van der Waals surface area contributed by atoms with Crippen molar-refractivity contribution in [1.29, 1.82) is 0 Å². The molecule has 152 valence electrons. The van der Waals surface area contributed by atoms with Crippen molar-refractivity contribution in [3.63, 3.8) is 0 Å². The van der Waals surface area contributed by atoms with Crippen LogP contribution in [0.1, 0.15) is 29.0 Å². The number of nitrogens with one attached hydrogen (secondary N) is 1. The molecule has 0 radical (unpaired) electrons. The van der Waals surface area contributed by atoms with Gasteiger partial charge >= 0.3 is 0 Å². The van der Waals surface area contributed by atoms with Gasteiger partial charge in [-0.15, -0.1) is 0 Å². The maximum atomic E-state index is 10.8. The molecular formula is C20H22N4O5. The molecule has 5 rings (SSSR count). The van der Waals surface area contributed by atoms with Crippen molar-refractivity contribution in [2.24, 2.45) is 5.16 Å². The van der Waals surface area contributed by atoms with E-state index in [1.54, 1.807) is 16.8 Å². The van der Waals surface area contributed by atoms with Crippen LogP contribution in [0.4, 0.5) is 0 Å². The summed E-state index contributed by atoms with van der Waals surface area (Å²) >= 11 is 0. The second kappa shape index (κ2) is 6.96. The number of hydrogen-bond acceptors (Lipinski definition) is 7. The zero-order valence-corrected chi connectivity index (χ0v) is 15.8. The van der Waals surface area contributed by atoms with Crippen LogP contribution >= 0.6 is 0 Å². The first-order valence-electron chi connectivity index (χ1n) is 9.51. The Morgan fingerprint density at radius 3 is 2.79 bits per heavy atom. The van der Waals surface area contributed by atoms with Crippen molar-refractivity contribution in [3.8, 4) is 0 Å². The summed E-state index contributed by atoms with van der Waals surface area (Å²) in [6.45, 7) is 0. The van der Waals surface area contributed by atoms with Gasteiger partial charge < -0.3 is 34.4 Å². The van der Waals surface area contributed by atoms with E-state index in [0.717, 1.165) is 12.8 Å². The third kappa shape index (κ3) is 2.85. The van der Waals surface area contributed by atoms with Crippen molar-refractivity contribution < 1.29 is 24.9 Å². The topological polar surface area (TPSA) is 125 Å². The van der Waals surface area contributed by atoms with E-state index in [1.165, 1.54) is 24.6 Å². The largest absolute Gasteiger partial charge is 0.397 e. The molecule has 0 spiro atoms. The summed E-state index contributed by atoms with van der Waals surface area (Å²) in [5.41, 5.74) is 4.15. The Morgan fingerprint density at radius 2 is 2.07 bits per heavy atom. The number of benzene rings is 1. The maximum absolute atomic E-state index is 10.8. The maximum Gasteiger partial charge on any atom is 0.203 e. The fourth-order valence-electron chi connectivity index (χ4n) is 4.14. The summed E-state index contributed by atoms with van der Waals surface area (Å²) in [6.07, 6.45) is -0.160. The number of nitrogens with zero attached hydrogens (tertiary/aromatic N) is 3. The Hall–Kier alpha value is -2.72. The van der Waals surface area contributed by atoms with Gasteiger partial charge in [-0.2, -0.15) is 0 Å². The van der Waals surface area contributed by atoms with E-state index < -0.39 is 30.6 Å². The smallest absolute Gasteiger partial charge is 0.203 e. The van der Waals surface area contributed by atoms with Crippen LogP contribution in [0.3, 0.4) is 0 Å². The molecule has 3 aromatic rings. The van der Waals surface area contributed by atoms with E-state index >= 15 is 0 Å². The Kier molecular flexibility index (Phi) is 4.39. The van der Waals surface area contributed by atoms with Crippen molar-refractivity contribution >= 4 is 11.0 Å². The van der Waals surface area contributed by atoms with Crippen LogP contribution in [-0.4, -0.2) is 55.3 Å². The lowest BCUT2D eigenvalue weighted by Gasteiger charge is -2.25. The van der Waals surface area contributed by atoms with Gasteiger partial charge in [-0.1, -0.05) is 23.4 Å². The van der Waals surface area contributed by atoms with Crippen molar-refractivity contribution in [2.45, 2.75) is 43.5 Å². The van der Waals surface area contributed by atoms with Gasteiger partial charge in [0, 0.05) is 6.20 Å². The van der Waals surface area contributed by atoms with Crippen molar-refractivity contribution in [2.75, 3.05) is 7.11 Å². The number of ether oxygens (including phenoxy) is 1. The van der Waals surface area contributed by atoms with Gasteiger partial charge in [0.25, 0.3) is 0 Å². The molecule has 0 saturated carbocycles. The highest BCUT2D eigenvalue weighted by atomic mass is 16.6. The minimum Gasteiger partial charge on any atom is -0.397 e. The zero-order valence-electron chi connectivity index (χ0n) is 15.8. The number of H-pyrrole nitrogens is 1.